The van der Waals surface area contributed by atoms with Crippen molar-refractivity contribution in [2.75, 3.05) is 18.4 Å². The van der Waals surface area contributed by atoms with Gasteiger partial charge in [-0.2, -0.15) is 0 Å². The van der Waals surface area contributed by atoms with Gasteiger partial charge in [0.2, 0.25) is 6.41 Å². The molecule has 1 aliphatic rings. The molecule has 134 valence electrons. The number of hydrogen-bond acceptors (Lipinski definition) is 3. The van der Waals surface area contributed by atoms with Gasteiger partial charge in [0.1, 0.15) is 5.69 Å². The van der Waals surface area contributed by atoms with E-state index in [0.29, 0.717) is 36.8 Å². The predicted octanol–water partition coefficient (Wildman–Crippen LogP) is 2.75. The standard InChI is InChI=1S/C19H25N3O3/c1-19(2,25)11-13-5-7-22(8-6-13)18(24)17-10-14-9-15(20-12-23)3-4-16(14)21-17/h3-4,9-10,12-13,21,25H,5-8,11H2,1-2H3,(H,20,23). The van der Waals surface area contributed by atoms with Crippen molar-refractivity contribution in [2.24, 2.45) is 5.92 Å². The smallest absolute Gasteiger partial charge is 0.270 e. The van der Waals surface area contributed by atoms with Gasteiger partial charge in [0.05, 0.1) is 5.60 Å². The van der Waals surface area contributed by atoms with Crippen LogP contribution in [0.5, 0.6) is 0 Å². The number of H-pyrrole nitrogens is 1. The lowest BCUT2D eigenvalue weighted by atomic mass is 9.86. The van der Waals surface area contributed by atoms with Crippen molar-refractivity contribution in [1.29, 1.82) is 0 Å². The number of nitrogens with zero attached hydrogens (tertiary/aromatic N) is 1. The summed E-state index contributed by atoms with van der Waals surface area (Å²) >= 11 is 0. The van der Waals surface area contributed by atoms with Crippen LogP contribution in [0.15, 0.2) is 24.3 Å². The van der Waals surface area contributed by atoms with Crippen LogP contribution in [-0.2, 0) is 4.79 Å². The van der Waals surface area contributed by atoms with Gasteiger partial charge in [0, 0.05) is 29.7 Å². The number of aromatic nitrogens is 1. The Morgan fingerprint density at radius 3 is 2.72 bits per heavy atom. The summed E-state index contributed by atoms with van der Waals surface area (Å²) in [6.45, 7) is 5.10. The molecule has 3 N–H and O–H groups in total. The van der Waals surface area contributed by atoms with E-state index in [0.717, 1.165) is 30.2 Å². The highest BCUT2D eigenvalue weighted by Gasteiger charge is 2.27. The van der Waals surface area contributed by atoms with Gasteiger partial charge < -0.3 is 20.3 Å². The van der Waals surface area contributed by atoms with Gasteiger partial charge >= 0.3 is 0 Å². The number of hydrogen-bond donors (Lipinski definition) is 3. The maximum absolute atomic E-state index is 12.7. The molecule has 25 heavy (non-hydrogen) atoms. The fourth-order valence-electron chi connectivity index (χ4n) is 3.62. The second-order valence-corrected chi connectivity index (χ2v) is 7.50. The molecule has 0 bridgehead atoms. The van der Waals surface area contributed by atoms with Crippen molar-refractivity contribution in [2.45, 2.75) is 38.7 Å². The molecule has 0 unspecified atom stereocenters. The number of aliphatic hydroxyl groups is 1. The molecule has 1 aromatic heterocycles. The van der Waals surface area contributed by atoms with E-state index in [1.165, 1.54) is 0 Å². The summed E-state index contributed by atoms with van der Waals surface area (Å²) in [7, 11) is 0. The first-order valence-corrected chi connectivity index (χ1v) is 8.70. The molecule has 6 nitrogen and oxygen atoms in total. The zero-order chi connectivity index (χ0) is 18.0. The van der Waals surface area contributed by atoms with Gasteiger partial charge in [-0.25, -0.2) is 0 Å². The van der Waals surface area contributed by atoms with Crippen LogP contribution in [-0.4, -0.2) is 46.0 Å². The first-order valence-electron chi connectivity index (χ1n) is 8.70. The number of amides is 2. The van der Waals surface area contributed by atoms with E-state index in [-0.39, 0.29) is 5.91 Å². The third-order valence-electron chi connectivity index (χ3n) is 4.77. The third kappa shape index (κ3) is 4.20. The van der Waals surface area contributed by atoms with E-state index in [1.807, 2.05) is 36.9 Å². The minimum Gasteiger partial charge on any atom is -0.390 e. The first kappa shape index (κ1) is 17.5. The van der Waals surface area contributed by atoms with Gasteiger partial charge in [0.25, 0.3) is 5.91 Å². The summed E-state index contributed by atoms with van der Waals surface area (Å²) in [6, 6.07) is 7.32. The highest BCUT2D eigenvalue weighted by atomic mass is 16.3. The van der Waals surface area contributed by atoms with E-state index in [1.54, 1.807) is 6.07 Å². The van der Waals surface area contributed by atoms with Crippen LogP contribution >= 0.6 is 0 Å². The van der Waals surface area contributed by atoms with Gasteiger partial charge in [-0.3, -0.25) is 9.59 Å². The Kier molecular flexibility index (Phi) is 4.81. The van der Waals surface area contributed by atoms with Crippen LogP contribution in [0.4, 0.5) is 5.69 Å². The maximum Gasteiger partial charge on any atom is 0.270 e. The highest BCUT2D eigenvalue weighted by Crippen LogP contribution is 2.27. The topological polar surface area (TPSA) is 85.4 Å². The molecule has 1 aromatic carbocycles. The molecule has 1 aliphatic heterocycles. The second kappa shape index (κ2) is 6.88. The maximum atomic E-state index is 12.7. The lowest BCUT2D eigenvalue weighted by molar-refractivity contribution is -0.105. The van der Waals surface area contributed by atoms with Crippen molar-refractivity contribution in [1.82, 2.24) is 9.88 Å². The van der Waals surface area contributed by atoms with Crippen LogP contribution in [0.25, 0.3) is 10.9 Å². The summed E-state index contributed by atoms with van der Waals surface area (Å²) < 4.78 is 0. The number of aromatic amines is 1. The fraction of sp³-hybridized carbons (Fsp3) is 0.474. The molecule has 2 heterocycles. The number of rotatable bonds is 5. The van der Waals surface area contributed by atoms with Crippen LogP contribution in [0, 0.1) is 5.92 Å². The number of piperidine rings is 1. The quantitative estimate of drug-likeness (QED) is 0.730. The molecule has 0 spiro atoms. The Bertz CT molecular complexity index is 768. The largest absolute Gasteiger partial charge is 0.390 e. The monoisotopic (exact) mass is 343 g/mol. The molecule has 0 atom stereocenters. The lowest BCUT2D eigenvalue weighted by Gasteiger charge is -2.34. The van der Waals surface area contributed by atoms with E-state index in [4.69, 9.17) is 0 Å². The minimum atomic E-state index is -0.652. The van der Waals surface area contributed by atoms with Gasteiger partial charge in [-0.05, 0) is 63.3 Å². The molecule has 6 heteroatoms. The van der Waals surface area contributed by atoms with Crippen LogP contribution in [0.3, 0.4) is 0 Å². The van der Waals surface area contributed by atoms with Crippen LogP contribution < -0.4 is 5.32 Å². The zero-order valence-electron chi connectivity index (χ0n) is 14.7. The van der Waals surface area contributed by atoms with Crippen molar-refractivity contribution in [3.05, 3.63) is 30.0 Å². The molecule has 1 saturated heterocycles. The number of carbonyl (C=O) groups excluding carboxylic acids is 2. The van der Waals surface area contributed by atoms with E-state index in [9.17, 15) is 14.7 Å². The highest BCUT2D eigenvalue weighted by molar-refractivity contribution is 5.99. The molecule has 3 rings (SSSR count). The van der Waals surface area contributed by atoms with E-state index in [2.05, 4.69) is 10.3 Å². The molecule has 0 aliphatic carbocycles. The summed E-state index contributed by atoms with van der Waals surface area (Å²) in [5.41, 5.74) is 1.49. The minimum absolute atomic E-state index is 0.00260. The van der Waals surface area contributed by atoms with Crippen molar-refractivity contribution in [3.63, 3.8) is 0 Å². The van der Waals surface area contributed by atoms with Gasteiger partial charge in [0.15, 0.2) is 0 Å². The van der Waals surface area contributed by atoms with Gasteiger partial charge in [-0.1, -0.05) is 0 Å². The average molecular weight is 343 g/mol. The molecular formula is C19H25N3O3. The molecule has 2 amide bonds. The Morgan fingerprint density at radius 2 is 2.08 bits per heavy atom. The molecular weight excluding hydrogens is 318 g/mol. The summed E-state index contributed by atoms with van der Waals surface area (Å²) in [5.74, 6) is 0.464. The summed E-state index contributed by atoms with van der Waals surface area (Å²) in [6.07, 6.45) is 3.25. The Balaban J connectivity index is 1.67. The normalized spacial score (nSPS) is 16.2. The SMILES string of the molecule is CC(C)(O)CC1CCN(C(=O)c2cc3cc(NC=O)ccc3[nH]2)CC1. The van der Waals surface area contributed by atoms with Crippen molar-refractivity contribution in [3.8, 4) is 0 Å². The number of benzene rings is 1. The third-order valence-corrected chi connectivity index (χ3v) is 4.77. The van der Waals surface area contributed by atoms with Gasteiger partial charge in [-0.15, -0.1) is 0 Å². The van der Waals surface area contributed by atoms with Crippen molar-refractivity contribution >= 4 is 28.9 Å². The fourth-order valence-corrected chi connectivity index (χ4v) is 3.62. The number of carbonyl (C=O) groups is 2. The molecule has 0 radical (unpaired) electrons. The Hall–Kier alpha value is -2.34. The molecule has 1 fully saturated rings. The second-order valence-electron chi connectivity index (χ2n) is 7.50. The number of nitrogens with one attached hydrogen (secondary N) is 2. The average Bonchev–Trinajstić information content (AvgIpc) is 2.97. The van der Waals surface area contributed by atoms with Crippen molar-refractivity contribution < 1.29 is 14.7 Å². The number of fused-ring (bicyclic) bond motifs is 1. The lowest BCUT2D eigenvalue weighted by Crippen LogP contribution is -2.40. The Morgan fingerprint density at radius 1 is 1.36 bits per heavy atom. The van der Waals surface area contributed by atoms with Crippen LogP contribution in [0.1, 0.15) is 43.6 Å². The van der Waals surface area contributed by atoms with E-state index < -0.39 is 5.60 Å². The number of anilines is 1. The number of likely N-dealkylation sites (tertiary alicyclic amines) is 1. The Labute approximate surface area is 147 Å². The summed E-state index contributed by atoms with van der Waals surface area (Å²) in [4.78, 5) is 28.3. The first-order chi connectivity index (χ1) is 11.9. The summed E-state index contributed by atoms with van der Waals surface area (Å²) in [5, 5.41) is 13.5. The van der Waals surface area contributed by atoms with E-state index >= 15 is 0 Å². The zero-order valence-corrected chi connectivity index (χ0v) is 14.7. The molecule has 2 aromatic rings. The molecule has 0 saturated carbocycles. The predicted molar refractivity (Wildman–Crippen MR) is 97.5 cm³/mol. The van der Waals surface area contributed by atoms with Crippen LogP contribution in [0.2, 0.25) is 0 Å².